The van der Waals surface area contributed by atoms with Gasteiger partial charge in [-0.05, 0) is 30.3 Å². The molecule has 0 saturated carbocycles. The van der Waals surface area contributed by atoms with Gasteiger partial charge in [0.2, 0.25) is 5.91 Å². The van der Waals surface area contributed by atoms with Gasteiger partial charge in [-0.3, -0.25) is 9.59 Å². The van der Waals surface area contributed by atoms with Crippen LogP contribution < -0.4 is 5.32 Å². The second-order valence-corrected chi connectivity index (χ2v) is 4.98. The van der Waals surface area contributed by atoms with Crippen LogP contribution in [-0.4, -0.2) is 35.0 Å². The molecule has 1 fully saturated rings. The van der Waals surface area contributed by atoms with Gasteiger partial charge in [0.25, 0.3) is 0 Å². The lowest BCUT2D eigenvalue weighted by atomic mass is 10.0. The molecule has 15 heavy (non-hydrogen) atoms. The molecular weight excluding hydrogens is 214 g/mol. The summed E-state index contributed by atoms with van der Waals surface area (Å²) in [5, 5.41) is 11.2. The average molecular weight is 231 g/mol. The van der Waals surface area contributed by atoms with E-state index in [1.807, 2.05) is 11.8 Å². The van der Waals surface area contributed by atoms with Gasteiger partial charge < -0.3 is 10.4 Å². The van der Waals surface area contributed by atoms with E-state index in [0.717, 1.165) is 12.8 Å². The van der Waals surface area contributed by atoms with Gasteiger partial charge >= 0.3 is 5.97 Å². The van der Waals surface area contributed by atoms with Gasteiger partial charge in [0, 0.05) is 13.0 Å². The molecule has 2 N–H and O–H groups in total. The van der Waals surface area contributed by atoms with Crippen molar-refractivity contribution in [2.75, 3.05) is 18.1 Å². The number of nitrogens with one attached hydrogen (secondary N) is 1. The lowest BCUT2D eigenvalue weighted by Crippen LogP contribution is -2.31. The zero-order chi connectivity index (χ0) is 11.1. The molecule has 5 heteroatoms. The second kappa shape index (κ2) is 6.71. The third-order valence-electron chi connectivity index (χ3n) is 2.49. The van der Waals surface area contributed by atoms with Crippen LogP contribution in [0.3, 0.4) is 0 Å². The highest BCUT2D eigenvalue weighted by molar-refractivity contribution is 7.99. The average Bonchev–Trinajstić information content (AvgIpc) is 2.25. The number of aliphatic carboxylic acids is 1. The molecule has 4 nitrogen and oxygen atoms in total. The van der Waals surface area contributed by atoms with E-state index in [0.29, 0.717) is 12.5 Å². The zero-order valence-corrected chi connectivity index (χ0v) is 9.52. The fourth-order valence-corrected chi connectivity index (χ4v) is 2.72. The summed E-state index contributed by atoms with van der Waals surface area (Å²) in [7, 11) is 0. The molecule has 86 valence electrons. The minimum absolute atomic E-state index is 0.0770. The van der Waals surface area contributed by atoms with Crippen molar-refractivity contribution in [1.29, 1.82) is 0 Å². The zero-order valence-electron chi connectivity index (χ0n) is 8.70. The van der Waals surface area contributed by atoms with E-state index in [2.05, 4.69) is 5.32 Å². The van der Waals surface area contributed by atoms with Crippen molar-refractivity contribution in [2.45, 2.75) is 25.7 Å². The van der Waals surface area contributed by atoms with Gasteiger partial charge in [-0.25, -0.2) is 0 Å². The Morgan fingerprint density at radius 3 is 2.53 bits per heavy atom. The Morgan fingerprint density at radius 1 is 1.27 bits per heavy atom. The van der Waals surface area contributed by atoms with Gasteiger partial charge in [-0.1, -0.05) is 0 Å². The van der Waals surface area contributed by atoms with Crippen LogP contribution in [0.2, 0.25) is 0 Å². The van der Waals surface area contributed by atoms with Crippen molar-refractivity contribution in [3.63, 3.8) is 0 Å². The third-order valence-corrected chi connectivity index (χ3v) is 3.54. The molecule has 1 heterocycles. The van der Waals surface area contributed by atoms with E-state index in [1.165, 1.54) is 11.5 Å². The molecule has 1 saturated heterocycles. The number of thioether (sulfide) groups is 1. The van der Waals surface area contributed by atoms with Crippen molar-refractivity contribution < 1.29 is 14.7 Å². The first-order valence-electron chi connectivity index (χ1n) is 5.24. The summed E-state index contributed by atoms with van der Waals surface area (Å²) in [6.45, 7) is 0.707. The summed E-state index contributed by atoms with van der Waals surface area (Å²) in [6, 6.07) is 0. The molecular formula is C10H17NO3S. The van der Waals surface area contributed by atoms with Gasteiger partial charge in [0.15, 0.2) is 0 Å². The Bertz CT molecular complexity index is 227. The van der Waals surface area contributed by atoms with E-state index in [9.17, 15) is 9.59 Å². The molecule has 0 aromatic rings. The van der Waals surface area contributed by atoms with Gasteiger partial charge in [0.05, 0.1) is 6.42 Å². The number of carboxylic acids is 1. The highest BCUT2D eigenvalue weighted by Gasteiger charge is 2.14. The maximum absolute atomic E-state index is 11.2. The molecule has 1 aliphatic rings. The van der Waals surface area contributed by atoms with Crippen LogP contribution in [0.15, 0.2) is 0 Å². The van der Waals surface area contributed by atoms with Gasteiger partial charge in [-0.2, -0.15) is 11.8 Å². The fourth-order valence-electron chi connectivity index (χ4n) is 1.52. The first-order valence-corrected chi connectivity index (χ1v) is 6.40. The van der Waals surface area contributed by atoms with Gasteiger partial charge in [0.1, 0.15) is 0 Å². The van der Waals surface area contributed by atoms with Crippen LogP contribution >= 0.6 is 11.8 Å². The van der Waals surface area contributed by atoms with E-state index in [1.54, 1.807) is 0 Å². The normalized spacial score (nSPS) is 17.3. The number of amides is 1. The lowest BCUT2D eigenvalue weighted by Gasteiger charge is -2.21. The van der Waals surface area contributed by atoms with Crippen molar-refractivity contribution in [3.05, 3.63) is 0 Å². The molecule has 0 bridgehead atoms. The molecule has 0 atom stereocenters. The van der Waals surface area contributed by atoms with Crippen LogP contribution in [0.1, 0.15) is 25.7 Å². The number of carboxylic acid groups (broad SMARTS) is 1. The fraction of sp³-hybridized carbons (Fsp3) is 0.800. The molecule has 1 amide bonds. The monoisotopic (exact) mass is 231 g/mol. The molecule has 0 unspecified atom stereocenters. The summed E-state index contributed by atoms with van der Waals surface area (Å²) < 4.78 is 0. The molecule has 0 aromatic heterocycles. The summed E-state index contributed by atoms with van der Waals surface area (Å²) in [4.78, 5) is 21.4. The summed E-state index contributed by atoms with van der Waals surface area (Å²) in [5.74, 6) is 1.88. The lowest BCUT2D eigenvalue weighted by molar-refractivity contribution is -0.138. The maximum atomic E-state index is 11.2. The Hall–Kier alpha value is -0.710. The number of rotatable bonds is 5. The van der Waals surface area contributed by atoms with Crippen molar-refractivity contribution >= 4 is 23.6 Å². The Labute approximate surface area is 93.8 Å². The topological polar surface area (TPSA) is 66.4 Å². The van der Waals surface area contributed by atoms with Crippen molar-refractivity contribution in [3.8, 4) is 0 Å². The Morgan fingerprint density at radius 2 is 1.93 bits per heavy atom. The molecule has 1 aliphatic heterocycles. The standard InChI is InChI=1S/C10H17NO3S/c12-9(1-2-10(13)14)11-7-8-3-5-15-6-4-8/h8H,1-7H2,(H,11,12)(H,13,14). The van der Waals surface area contributed by atoms with E-state index >= 15 is 0 Å². The molecule has 1 rings (SSSR count). The van der Waals surface area contributed by atoms with E-state index in [-0.39, 0.29) is 18.7 Å². The second-order valence-electron chi connectivity index (χ2n) is 3.75. The number of carbonyl (C=O) groups excluding carboxylic acids is 1. The summed E-state index contributed by atoms with van der Waals surface area (Å²) >= 11 is 1.96. The predicted octanol–water partition coefficient (Wildman–Crippen LogP) is 1.11. The number of hydrogen-bond donors (Lipinski definition) is 2. The third kappa shape index (κ3) is 5.67. The minimum atomic E-state index is -0.917. The van der Waals surface area contributed by atoms with E-state index in [4.69, 9.17) is 5.11 Å². The van der Waals surface area contributed by atoms with Crippen molar-refractivity contribution in [1.82, 2.24) is 5.32 Å². The first-order chi connectivity index (χ1) is 7.18. The molecule has 0 spiro atoms. The Kier molecular flexibility index (Phi) is 5.53. The number of carbonyl (C=O) groups is 2. The molecule has 0 radical (unpaired) electrons. The summed E-state index contributed by atoms with van der Waals surface area (Å²) in [6.07, 6.45) is 2.33. The maximum Gasteiger partial charge on any atom is 0.303 e. The quantitative estimate of drug-likeness (QED) is 0.744. The predicted molar refractivity (Wildman–Crippen MR) is 59.9 cm³/mol. The van der Waals surface area contributed by atoms with Crippen LogP contribution in [0, 0.1) is 5.92 Å². The van der Waals surface area contributed by atoms with Crippen LogP contribution in [-0.2, 0) is 9.59 Å². The van der Waals surface area contributed by atoms with Crippen molar-refractivity contribution in [2.24, 2.45) is 5.92 Å². The minimum Gasteiger partial charge on any atom is -0.481 e. The largest absolute Gasteiger partial charge is 0.481 e. The molecule has 0 aromatic carbocycles. The van der Waals surface area contributed by atoms with Crippen LogP contribution in [0.4, 0.5) is 0 Å². The SMILES string of the molecule is O=C(O)CCC(=O)NCC1CCSCC1. The highest BCUT2D eigenvalue weighted by Crippen LogP contribution is 2.21. The van der Waals surface area contributed by atoms with Gasteiger partial charge in [-0.15, -0.1) is 0 Å². The van der Waals surface area contributed by atoms with E-state index < -0.39 is 5.97 Å². The number of hydrogen-bond acceptors (Lipinski definition) is 3. The summed E-state index contributed by atoms with van der Waals surface area (Å²) in [5.41, 5.74) is 0. The highest BCUT2D eigenvalue weighted by atomic mass is 32.2. The first kappa shape index (κ1) is 12.4. The Balaban J connectivity index is 2.07. The van der Waals surface area contributed by atoms with Crippen LogP contribution in [0.5, 0.6) is 0 Å². The van der Waals surface area contributed by atoms with Crippen LogP contribution in [0.25, 0.3) is 0 Å². The smallest absolute Gasteiger partial charge is 0.303 e. The molecule has 0 aliphatic carbocycles.